The van der Waals surface area contributed by atoms with E-state index in [0.29, 0.717) is 0 Å². The van der Waals surface area contributed by atoms with Crippen LogP contribution in [0.5, 0.6) is 0 Å². The molecule has 2 rings (SSSR count). The minimum absolute atomic E-state index is 0.0194. The lowest BCUT2D eigenvalue weighted by Gasteiger charge is -2.08. The average Bonchev–Trinajstić information content (AvgIpc) is 2.66. The van der Waals surface area contributed by atoms with E-state index in [1.54, 1.807) is 0 Å². The first-order valence-electron chi connectivity index (χ1n) is 4.13. The summed E-state index contributed by atoms with van der Waals surface area (Å²) in [6, 6.07) is 0. The molecule has 2 saturated carbocycles. The molecule has 0 aromatic carbocycles. The molecule has 4 nitrogen and oxygen atoms in total. The van der Waals surface area contributed by atoms with Gasteiger partial charge < -0.3 is 10.2 Å². The summed E-state index contributed by atoms with van der Waals surface area (Å²) < 4.78 is 13.1. The van der Waals surface area contributed by atoms with E-state index in [1.807, 2.05) is 0 Å². The van der Waals surface area contributed by atoms with Gasteiger partial charge in [0.25, 0.3) is 0 Å². The number of rotatable bonds is 2. The normalized spacial score (nSPS) is 47.0. The Bertz CT molecular complexity index is 277. The third kappa shape index (κ3) is 1.03. The summed E-state index contributed by atoms with van der Waals surface area (Å²) in [5.74, 6) is -4.70. The molecule has 2 aliphatic carbocycles. The van der Waals surface area contributed by atoms with Gasteiger partial charge in [0.05, 0.1) is 11.8 Å². The second kappa shape index (κ2) is 2.43. The van der Waals surface area contributed by atoms with Gasteiger partial charge in [0.15, 0.2) is 0 Å². The molecule has 0 heterocycles. The Hall–Kier alpha value is -1.13. The lowest BCUT2D eigenvalue weighted by molar-refractivity contribution is -0.144. The molecule has 0 spiro atoms. The second-order valence-corrected chi connectivity index (χ2v) is 3.72. The van der Waals surface area contributed by atoms with E-state index < -0.39 is 41.8 Å². The highest BCUT2D eigenvalue weighted by atomic mass is 19.1. The van der Waals surface area contributed by atoms with Crippen LogP contribution >= 0.6 is 0 Å². The Balaban J connectivity index is 2.14. The molecule has 0 radical (unpaired) electrons. The molecule has 0 saturated heterocycles. The lowest BCUT2D eigenvalue weighted by atomic mass is 10.00. The monoisotopic (exact) mass is 188 g/mol. The molecule has 5 heteroatoms. The fraction of sp³-hybridized carbons (Fsp3) is 0.750. The van der Waals surface area contributed by atoms with Crippen molar-refractivity contribution in [2.24, 2.45) is 23.7 Å². The van der Waals surface area contributed by atoms with Gasteiger partial charge in [-0.25, -0.2) is 4.39 Å². The highest BCUT2D eigenvalue weighted by molar-refractivity contribution is 5.79. The molecule has 0 bridgehead atoms. The van der Waals surface area contributed by atoms with Crippen molar-refractivity contribution in [2.75, 3.05) is 0 Å². The number of alkyl halides is 1. The predicted molar refractivity (Wildman–Crippen MR) is 38.7 cm³/mol. The number of hydrogen-bond donors (Lipinski definition) is 2. The smallest absolute Gasteiger partial charge is 0.307 e. The van der Waals surface area contributed by atoms with Crippen molar-refractivity contribution in [3.63, 3.8) is 0 Å². The van der Waals surface area contributed by atoms with E-state index in [9.17, 15) is 14.0 Å². The van der Waals surface area contributed by atoms with Crippen LogP contribution in [0.25, 0.3) is 0 Å². The van der Waals surface area contributed by atoms with E-state index in [1.165, 1.54) is 0 Å². The van der Waals surface area contributed by atoms with Gasteiger partial charge in [-0.15, -0.1) is 0 Å². The van der Waals surface area contributed by atoms with Crippen LogP contribution in [0.15, 0.2) is 0 Å². The zero-order chi connectivity index (χ0) is 9.75. The van der Waals surface area contributed by atoms with Crippen molar-refractivity contribution in [1.82, 2.24) is 0 Å². The van der Waals surface area contributed by atoms with Crippen LogP contribution < -0.4 is 0 Å². The molecule has 5 atom stereocenters. The number of carbonyl (C=O) groups is 2. The van der Waals surface area contributed by atoms with Crippen molar-refractivity contribution in [3.8, 4) is 0 Å². The number of carboxylic acids is 2. The van der Waals surface area contributed by atoms with Gasteiger partial charge in [0.1, 0.15) is 6.17 Å². The molecule has 5 unspecified atom stereocenters. The lowest BCUT2D eigenvalue weighted by Crippen LogP contribution is -2.20. The Kier molecular flexibility index (Phi) is 1.58. The summed E-state index contributed by atoms with van der Waals surface area (Å²) in [5.41, 5.74) is 0. The van der Waals surface area contributed by atoms with Gasteiger partial charge in [-0.3, -0.25) is 9.59 Å². The van der Waals surface area contributed by atoms with E-state index in [2.05, 4.69) is 0 Å². The highest BCUT2D eigenvalue weighted by Crippen LogP contribution is 2.61. The highest BCUT2D eigenvalue weighted by Gasteiger charge is 2.68. The van der Waals surface area contributed by atoms with Crippen LogP contribution in [0.1, 0.15) is 6.42 Å². The Morgan fingerprint density at radius 1 is 1.15 bits per heavy atom. The molecule has 0 amide bonds. The fourth-order valence-electron chi connectivity index (χ4n) is 2.50. The summed E-state index contributed by atoms with van der Waals surface area (Å²) in [6.07, 6.45) is -1.26. The van der Waals surface area contributed by atoms with Gasteiger partial charge >= 0.3 is 11.9 Å². The van der Waals surface area contributed by atoms with E-state index in [0.717, 1.165) is 0 Å². The Morgan fingerprint density at radius 2 is 1.77 bits per heavy atom. The average molecular weight is 188 g/mol. The first kappa shape index (κ1) is 8.47. The molecule has 0 aromatic rings. The predicted octanol–water partition coefficient (Wildman–Crippen LogP) is 0.376. The minimum atomic E-state index is -1.24. The van der Waals surface area contributed by atoms with E-state index >= 15 is 0 Å². The van der Waals surface area contributed by atoms with Gasteiger partial charge in [0, 0.05) is 5.92 Å². The van der Waals surface area contributed by atoms with Crippen LogP contribution in [-0.4, -0.2) is 28.3 Å². The zero-order valence-electron chi connectivity index (χ0n) is 6.68. The third-order valence-corrected chi connectivity index (χ3v) is 3.10. The van der Waals surface area contributed by atoms with Gasteiger partial charge in [-0.05, 0) is 12.3 Å². The number of halogens is 1. The van der Waals surface area contributed by atoms with Crippen molar-refractivity contribution in [2.45, 2.75) is 12.6 Å². The van der Waals surface area contributed by atoms with E-state index in [4.69, 9.17) is 10.2 Å². The summed E-state index contributed by atoms with van der Waals surface area (Å²) in [7, 11) is 0. The molecule has 2 fully saturated rings. The van der Waals surface area contributed by atoms with Crippen LogP contribution in [-0.2, 0) is 9.59 Å². The molecule has 72 valence electrons. The first-order valence-corrected chi connectivity index (χ1v) is 4.13. The van der Waals surface area contributed by atoms with Gasteiger partial charge in [-0.1, -0.05) is 0 Å². The summed E-state index contributed by atoms with van der Waals surface area (Å²) in [4.78, 5) is 21.1. The maximum Gasteiger partial charge on any atom is 0.307 e. The standard InChI is InChI=1S/C8H9FO4/c9-3-1-2(7(10)11)4-5(3)6(4)8(12)13/h2-6H,1H2,(H,10,11)(H,12,13). The maximum absolute atomic E-state index is 13.1. The largest absolute Gasteiger partial charge is 0.481 e. The van der Waals surface area contributed by atoms with Crippen LogP contribution in [0.4, 0.5) is 4.39 Å². The fourth-order valence-corrected chi connectivity index (χ4v) is 2.50. The SMILES string of the molecule is O=C(O)C1CC(F)C2C(C(=O)O)C12. The molecule has 0 aliphatic heterocycles. The van der Waals surface area contributed by atoms with Crippen LogP contribution in [0.3, 0.4) is 0 Å². The van der Waals surface area contributed by atoms with Crippen molar-refractivity contribution in [3.05, 3.63) is 0 Å². The number of carboxylic acid groups (broad SMARTS) is 2. The van der Waals surface area contributed by atoms with Crippen LogP contribution in [0.2, 0.25) is 0 Å². The minimum Gasteiger partial charge on any atom is -0.481 e. The van der Waals surface area contributed by atoms with E-state index in [-0.39, 0.29) is 6.42 Å². The molecular formula is C8H9FO4. The number of hydrogen-bond acceptors (Lipinski definition) is 2. The van der Waals surface area contributed by atoms with Gasteiger partial charge in [0.2, 0.25) is 0 Å². The first-order chi connectivity index (χ1) is 6.04. The zero-order valence-corrected chi connectivity index (χ0v) is 6.68. The Morgan fingerprint density at radius 3 is 2.15 bits per heavy atom. The molecule has 0 aromatic heterocycles. The molecule has 2 aliphatic rings. The number of aliphatic carboxylic acids is 2. The second-order valence-electron chi connectivity index (χ2n) is 3.72. The quantitative estimate of drug-likeness (QED) is 0.656. The molecular weight excluding hydrogens is 179 g/mol. The summed E-state index contributed by atoms with van der Waals surface area (Å²) >= 11 is 0. The van der Waals surface area contributed by atoms with Crippen molar-refractivity contribution < 1.29 is 24.2 Å². The third-order valence-electron chi connectivity index (χ3n) is 3.10. The summed E-state index contributed by atoms with van der Waals surface area (Å²) in [6.45, 7) is 0. The van der Waals surface area contributed by atoms with Crippen LogP contribution in [0, 0.1) is 23.7 Å². The van der Waals surface area contributed by atoms with Crippen molar-refractivity contribution in [1.29, 1.82) is 0 Å². The topological polar surface area (TPSA) is 74.6 Å². The summed E-state index contributed by atoms with van der Waals surface area (Å²) in [5, 5.41) is 17.3. The number of fused-ring (bicyclic) bond motifs is 1. The maximum atomic E-state index is 13.1. The Labute approximate surface area is 73.4 Å². The molecule has 2 N–H and O–H groups in total. The van der Waals surface area contributed by atoms with Crippen molar-refractivity contribution >= 4 is 11.9 Å². The molecule has 13 heavy (non-hydrogen) atoms. The van der Waals surface area contributed by atoms with Gasteiger partial charge in [-0.2, -0.15) is 0 Å².